The second-order valence-electron chi connectivity index (χ2n) is 7.59. The maximum absolute atomic E-state index is 13.1. The summed E-state index contributed by atoms with van der Waals surface area (Å²) in [5.74, 6) is 0.740. The Kier molecular flexibility index (Phi) is 6.24. The first-order chi connectivity index (χ1) is 14.5. The number of halogens is 1. The van der Waals surface area contributed by atoms with E-state index >= 15 is 0 Å². The van der Waals surface area contributed by atoms with Crippen LogP contribution in [0.1, 0.15) is 28.4 Å². The molecule has 30 heavy (non-hydrogen) atoms. The Hall–Kier alpha value is -2.58. The molecule has 1 aliphatic heterocycles. The van der Waals surface area contributed by atoms with Gasteiger partial charge in [-0.1, -0.05) is 5.16 Å². The summed E-state index contributed by atoms with van der Waals surface area (Å²) in [4.78, 5) is 21.5. The number of amides is 1. The summed E-state index contributed by atoms with van der Waals surface area (Å²) in [5, 5.41) is 7.00. The highest BCUT2D eigenvalue weighted by Gasteiger charge is 2.22. The van der Waals surface area contributed by atoms with Crippen molar-refractivity contribution in [1.29, 1.82) is 0 Å². The molecule has 0 radical (unpaired) electrons. The molecule has 0 bridgehead atoms. The predicted molar refractivity (Wildman–Crippen MR) is 114 cm³/mol. The number of thiazole rings is 1. The Morgan fingerprint density at radius 2 is 1.90 bits per heavy atom. The number of aryl methyl sites for hydroxylation is 2. The van der Waals surface area contributed by atoms with Crippen molar-refractivity contribution >= 4 is 17.2 Å². The average Bonchev–Trinajstić information content (AvgIpc) is 3.34. The van der Waals surface area contributed by atoms with E-state index in [1.807, 2.05) is 24.1 Å². The molecule has 0 aliphatic carbocycles. The van der Waals surface area contributed by atoms with Crippen molar-refractivity contribution in [2.45, 2.75) is 33.2 Å². The fourth-order valence-electron chi connectivity index (χ4n) is 3.73. The lowest BCUT2D eigenvalue weighted by molar-refractivity contribution is -0.133. The molecule has 2 aromatic heterocycles. The molecule has 3 heterocycles. The largest absolute Gasteiger partial charge is 0.361 e. The van der Waals surface area contributed by atoms with Gasteiger partial charge >= 0.3 is 0 Å². The molecule has 1 aromatic carbocycles. The smallest absolute Gasteiger partial charge is 0.222 e. The third-order valence-electron chi connectivity index (χ3n) is 5.55. The van der Waals surface area contributed by atoms with Crippen molar-refractivity contribution < 1.29 is 13.7 Å². The van der Waals surface area contributed by atoms with E-state index in [9.17, 15) is 9.18 Å². The molecule has 1 saturated heterocycles. The highest BCUT2D eigenvalue weighted by atomic mass is 32.1. The molecule has 0 spiro atoms. The summed E-state index contributed by atoms with van der Waals surface area (Å²) >= 11 is 1.62. The van der Waals surface area contributed by atoms with Crippen LogP contribution in [-0.4, -0.2) is 52.0 Å². The van der Waals surface area contributed by atoms with E-state index in [0.29, 0.717) is 12.8 Å². The van der Waals surface area contributed by atoms with Gasteiger partial charge in [0.05, 0.1) is 17.9 Å². The second-order valence-corrected chi connectivity index (χ2v) is 8.54. The number of aromatic nitrogens is 2. The van der Waals surface area contributed by atoms with Crippen molar-refractivity contribution in [2.75, 3.05) is 26.2 Å². The summed E-state index contributed by atoms with van der Waals surface area (Å²) in [6.45, 7) is 7.71. The lowest BCUT2D eigenvalue weighted by Gasteiger charge is -2.34. The van der Waals surface area contributed by atoms with Crippen LogP contribution in [0.4, 0.5) is 4.39 Å². The fourth-order valence-corrected chi connectivity index (χ4v) is 4.58. The van der Waals surface area contributed by atoms with Crippen LogP contribution in [0.25, 0.3) is 11.3 Å². The number of carbonyl (C=O) groups excluding carboxylic acids is 1. The fraction of sp³-hybridized carbons (Fsp3) is 0.409. The van der Waals surface area contributed by atoms with Crippen molar-refractivity contribution in [2.24, 2.45) is 0 Å². The van der Waals surface area contributed by atoms with Crippen molar-refractivity contribution in [1.82, 2.24) is 19.9 Å². The molecule has 1 amide bonds. The zero-order valence-electron chi connectivity index (χ0n) is 17.2. The number of rotatable bonds is 6. The van der Waals surface area contributed by atoms with Gasteiger partial charge in [0.25, 0.3) is 0 Å². The minimum atomic E-state index is -0.242. The number of hydrogen-bond donors (Lipinski definition) is 0. The first-order valence-electron chi connectivity index (χ1n) is 10.1. The Morgan fingerprint density at radius 3 is 2.57 bits per heavy atom. The molecule has 0 N–H and O–H groups in total. The summed E-state index contributed by atoms with van der Waals surface area (Å²) in [6.07, 6.45) is 1.15. The van der Waals surface area contributed by atoms with E-state index in [4.69, 9.17) is 9.51 Å². The van der Waals surface area contributed by atoms with Crippen LogP contribution in [0.3, 0.4) is 0 Å². The molecule has 4 rings (SSSR count). The maximum Gasteiger partial charge on any atom is 0.222 e. The average molecular weight is 429 g/mol. The van der Waals surface area contributed by atoms with Gasteiger partial charge in [0.2, 0.25) is 5.91 Å². The van der Waals surface area contributed by atoms with E-state index < -0.39 is 0 Å². The normalized spacial score (nSPS) is 15.0. The summed E-state index contributed by atoms with van der Waals surface area (Å²) in [6, 6.07) is 6.41. The van der Waals surface area contributed by atoms with Gasteiger partial charge in [0.1, 0.15) is 16.6 Å². The van der Waals surface area contributed by atoms with Gasteiger partial charge in [-0.3, -0.25) is 9.69 Å². The van der Waals surface area contributed by atoms with Gasteiger partial charge in [-0.15, -0.1) is 11.3 Å². The van der Waals surface area contributed by atoms with Crippen LogP contribution in [0, 0.1) is 19.7 Å². The summed E-state index contributed by atoms with van der Waals surface area (Å²) < 4.78 is 18.3. The number of piperazine rings is 1. The molecule has 1 fully saturated rings. The first kappa shape index (κ1) is 20.7. The topological polar surface area (TPSA) is 62.5 Å². The SMILES string of the molecule is Cc1noc(C)c1CCC(=O)N1CCN(Cc2nc(-c3ccc(F)cc3)cs2)CC1. The van der Waals surface area contributed by atoms with E-state index in [1.165, 1.54) is 12.1 Å². The van der Waals surface area contributed by atoms with Crippen molar-refractivity contribution in [3.05, 3.63) is 57.5 Å². The number of benzene rings is 1. The first-order valence-corrected chi connectivity index (χ1v) is 11.0. The quantitative estimate of drug-likeness (QED) is 0.597. The second kappa shape index (κ2) is 9.06. The highest BCUT2D eigenvalue weighted by molar-refractivity contribution is 7.09. The molecular formula is C22H25FN4O2S. The molecule has 0 atom stereocenters. The highest BCUT2D eigenvalue weighted by Crippen LogP contribution is 2.23. The number of hydrogen-bond acceptors (Lipinski definition) is 6. The lowest BCUT2D eigenvalue weighted by atomic mass is 10.1. The molecule has 0 saturated carbocycles. The van der Waals surface area contributed by atoms with E-state index in [0.717, 1.165) is 66.0 Å². The van der Waals surface area contributed by atoms with Gasteiger partial charge < -0.3 is 9.42 Å². The van der Waals surface area contributed by atoms with Gasteiger partial charge in [-0.05, 0) is 44.5 Å². The predicted octanol–water partition coefficient (Wildman–Crippen LogP) is 3.83. The number of nitrogens with zero attached hydrogens (tertiary/aromatic N) is 4. The van der Waals surface area contributed by atoms with Crippen molar-refractivity contribution in [3.63, 3.8) is 0 Å². The molecule has 8 heteroatoms. The molecule has 1 aliphatic rings. The standard InChI is InChI=1S/C22H25FN4O2S/c1-15-19(16(2)29-25-15)7-8-22(28)27-11-9-26(10-12-27)13-21-24-20(14-30-21)17-3-5-18(23)6-4-17/h3-6,14H,7-13H2,1-2H3. The third kappa shape index (κ3) is 4.76. The molecule has 158 valence electrons. The Bertz CT molecular complexity index is 987. The van der Waals surface area contributed by atoms with Crippen LogP contribution in [0.2, 0.25) is 0 Å². The molecule has 0 unspecified atom stereocenters. The zero-order chi connectivity index (χ0) is 21.1. The van der Waals surface area contributed by atoms with Crippen LogP contribution in [0.15, 0.2) is 34.2 Å². The van der Waals surface area contributed by atoms with Gasteiger partial charge in [-0.25, -0.2) is 9.37 Å². The number of carbonyl (C=O) groups is 1. The van der Waals surface area contributed by atoms with Crippen molar-refractivity contribution in [3.8, 4) is 11.3 Å². The van der Waals surface area contributed by atoms with E-state index in [1.54, 1.807) is 23.5 Å². The Balaban J connectivity index is 1.25. The van der Waals surface area contributed by atoms with Gasteiger partial charge in [0, 0.05) is 49.1 Å². The van der Waals surface area contributed by atoms with Crippen LogP contribution in [-0.2, 0) is 17.8 Å². The summed E-state index contributed by atoms with van der Waals surface area (Å²) in [7, 11) is 0. The zero-order valence-corrected chi connectivity index (χ0v) is 18.0. The van der Waals surface area contributed by atoms with Gasteiger partial charge in [0.15, 0.2) is 0 Å². The molecule has 3 aromatic rings. The van der Waals surface area contributed by atoms with E-state index in [-0.39, 0.29) is 11.7 Å². The van der Waals surface area contributed by atoms with Gasteiger partial charge in [-0.2, -0.15) is 0 Å². The Morgan fingerprint density at radius 1 is 1.17 bits per heavy atom. The van der Waals surface area contributed by atoms with Crippen LogP contribution in [0.5, 0.6) is 0 Å². The molecular weight excluding hydrogens is 403 g/mol. The minimum absolute atomic E-state index is 0.183. The maximum atomic E-state index is 13.1. The minimum Gasteiger partial charge on any atom is -0.361 e. The molecule has 6 nitrogen and oxygen atoms in total. The van der Waals surface area contributed by atoms with E-state index in [2.05, 4.69) is 10.1 Å². The Labute approximate surface area is 179 Å². The van der Waals surface area contributed by atoms with Crippen LogP contribution >= 0.6 is 11.3 Å². The van der Waals surface area contributed by atoms with Crippen LogP contribution < -0.4 is 0 Å². The summed E-state index contributed by atoms with van der Waals surface area (Å²) in [5.41, 5.74) is 3.71. The third-order valence-corrected chi connectivity index (χ3v) is 6.38. The monoisotopic (exact) mass is 428 g/mol. The lowest BCUT2D eigenvalue weighted by Crippen LogP contribution is -2.48.